The van der Waals surface area contributed by atoms with E-state index in [4.69, 9.17) is 10.2 Å². The standard InChI is InChI=1S/C12H13NO6S/c14-11(15)8-5-9(12(16)17)7-10(6-8)13-3-1-2-4-20(13,18)19/h5-7H,1-4H2,(H,14,15)(H,16,17). The first-order chi connectivity index (χ1) is 9.31. The summed E-state index contributed by atoms with van der Waals surface area (Å²) in [6, 6.07) is 3.36. The molecule has 8 heteroatoms. The molecule has 1 fully saturated rings. The Labute approximate surface area is 115 Å². The summed E-state index contributed by atoms with van der Waals surface area (Å²) in [5.74, 6) is -2.63. The summed E-state index contributed by atoms with van der Waals surface area (Å²) in [6.07, 6.45) is 1.20. The SMILES string of the molecule is O=C(O)c1cc(C(=O)O)cc(N2CCCCS2(=O)=O)c1. The van der Waals surface area contributed by atoms with Gasteiger partial charge in [-0.1, -0.05) is 0 Å². The number of sulfonamides is 1. The average Bonchev–Trinajstić information content (AvgIpc) is 2.37. The number of hydrogen-bond donors (Lipinski definition) is 2. The van der Waals surface area contributed by atoms with E-state index in [1.165, 1.54) is 12.1 Å². The van der Waals surface area contributed by atoms with Gasteiger partial charge >= 0.3 is 11.9 Å². The molecule has 0 aliphatic carbocycles. The zero-order valence-corrected chi connectivity index (χ0v) is 11.3. The lowest BCUT2D eigenvalue weighted by Gasteiger charge is -2.28. The molecule has 0 atom stereocenters. The van der Waals surface area contributed by atoms with Crippen LogP contribution >= 0.6 is 0 Å². The molecule has 0 saturated carbocycles. The molecule has 1 aliphatic heterocycles. The Kier molecular flexibility index (Phi) is 3.67. The minimum absolute atomic E-state index is 0.0211. The van der Waals surface area contributed by atoms with E-state index in [2.05, 4.69) is 0 Å². The average molecular weight is 299 g/mol. The second-order valence-corrected chi connectivity index (χ2v) is 6.49. The zero-order chi connectivity index (χ0) is 14.9. The molecule has 1 aliphatic rings. The van der Waals surface area contributed by atoms with Gasteiger partial charge in [0.2, 0.25) is 10.0 Å². The molecule has 2 N–H and O–H groups in total. The molecule has 20 heavy (non-hydrogen) atoms. The number of carboxylic acids is 2. The van der Waals surface area contributed by atoms with Crippen LogP contribution in [0.4, 0.5) is 5.69 Å². The highest BCUT2D eigenvalue weighted by molar-refractivity contribution is 7.92. The van der Waals surface area contributed by atoms with Crippen LogP contribution in [-0.2, 0) is 10.0 Å². The molecule has 0 radical (unpaired) electrons. The smallest absolute Gasteiger partial charge is 0.335 e. The maximum Gasteiger partial charge on any atom is 0.335 e. The van der Waals surface area contributed by atoms with Gasteiger partial charge in [-0.05, 0) is 31.0 Å². The van der Waals surface area contributed by atoms with Crippen molar-refractivity contribution >= 4 is 27.6 Å². The van der Waals surface area contributed by atoms with Crippen LogP contribution in [0.1, 0.15) is 33.6 Å². The van der Waals surface area contributed by atoms with Crippen LogP contribution in [0, 0.1) is 0 Å². The highest BCUT2D eigenvalue weighted by atomic mass is 32.2. The van der Waals surface area contributed by atoms with Crippen molar-refractivity contribution < 1.29 is 28.2 Å². The minimum atomic E-state index is -3.51. The molecule has 108 valence electrons. The van der Waals surface area contributed by atoms with Crippen LogP contribution < -0.4 is 4.31 Å². The first-order valence-electron chi connectivity index (χ1n) is 5.93. The molecular formula is C12H13NO6S. The van der Waals surface area contributed by atoms with Gasteiger partial charge in [0.1, 0.15) is 0 Å². The summed E-state index contributed by atoms with van der Waals surface area (Å²) < 4.78 is 25.0. The van der Waals surface area contributed by atoms with Gasteiger partial charge in [0.25, 0.3) is 0 Å². The van der Waals surface area contributed by atoms with Crippen molar-refractivity contribution in [2.75, 3.05) is 16.6 Å². The van der Waals surface area contributed by atoms with Gasteiger partial charge in [-0.25, -0.2) is 18.0 Å². The molecule has 1 aromatic carbocycles. The summed E-state index contributed by atoms with van der Waals surface area (Å²) in [4.78, 5) is 22.0. The van der Waals surface area contributed by atoms with Crippen molar-refractivity contribution in [3.05, 3.63) is 29.3 Å². The number of anilines is 1. The third-order valence-electron chi connectivity index (χ3n) is 3.05. The number of aromatic carboxylic acids is 2. The van der Waals surface area contributed by atoms with E-state index in [1.807, 2.05) is 0 Å². The molecule has 2 rings (SSSR count). The Hall–Kier alpha value is -2.09. The molecule has 1 heterocycles. The van der Waals surface area contributed by atoms with E-state index in [9.17, 15) is 18.0 Å². The lowest BCUT2D eigenvalue weighted by Crippen LogP contribution is -2.38. The van der Waals surface area contributed by atoms with E-state index in [1.54, 1.807) is 0 Å². The number of rotatable bonds is 3. The van der Waals surface area contributed by atoms with Crippen molar-refractivity contribution in [1.82, 2.24) is 0 Å². The van der Waals surface area contributed by atoms with E-state index in [-0.39, 0.29) is 29.1 Å². The lowest BCUT2D eigenvalue weighted by molar-refractivity contribution is 0.0696. The van der Waals surface area contributed by atoms with Crippen LogP contribution in [0.15, 0.2) is 18.2 Å². The largest absolute Gasteiger partial charge is 0.478 e. The van der Waals surface area contributed by atoms with E-state index in [0.29, 0.717) is 12.8 Å². The van der Waals surface area contributed by atoms with Crippen molar-refractivity contribution in [1.29, 1.82) is 0 Å². The van der Waals surface area contributed by atoms with Crippen molar-refractivity contribution in [2.24, 2.45) is 0 Å². The molecule has 0 amide bonds. The Morgan fingerprint density at radius 1 is 1.00 bits per heavy atom. The summed E-state index contributed by atoms with van der Waals surface area (Å²) in [5, 5.41) is 18.0. The van der Waals surface area contributed by atoms with Crippen molar-refractivity contribution in [3.63, 3.8) is 0 Å². The minimum Gasteiger partial charge on any atom is -0.478 e. The number of carboxylic acid groups (broad SMARTS) is 2. The second-order valence-electron chi connectivity index (χ2n) is 4.47. The molecule has 7 nitrogen and oxygen atoms in total. The van der Waals surface area contributed by atoms with Crippen molar-refractivity contribution in [2.45, 2.75) is 12.8 Å². The maximum atomic E-state index is 12.0. The van der Waals surface area contributed by atoms with Crippen LogP contribution in [0.25, 0.3) is 0 Å². The molecule has 0 bridgehead atoms. The fourth-order valence-electron chi connectivity index (χ4n) is 2.08. The number of carbonyl (C=O) groups is 2. The van der Waals surface area contributed by atoms with Gasteiger partial charge in [-0.3, -0.25) is 4.31 Å². The van der Waals surface area contributed by atoms with Crippen LogP contribution in [-0.4, -0.2) is 42.9 Å². The molecule has 0 aromatic heterocycles. The normalized spacial score (nSPS) is 17.7. The fraction of sp³-hybridized carbons (Fsp3) is 0.333. The summed E-state index contributed by atoms with van der Waals surface area (Å²) >= 11 is 0. The number of nitrogens with zero attached hydrogens (tertiary/aromatic N) is 1. The van der Waals surface area contributed by atoms with Crippen molar-refractivity contribution in [3.8, 4) is 0 Å². The third kappa shape index (κ3) is 2.74. The third-order valence-corrected chi connectivity index (χ3v) is 4.92. The molecular weight excluding hydrogens is 286 g/mol. The van der Waals surface area contributed by atoms with Gasteiger partial charge < -0.3 is 10.2 Å². The highest BCUT2D eigenvalue weighted by Crippen LogP contribution is 2.26. The fourth-order valence-corrected chi connectivity index (χ4v) is 3.70. The van der Waals surface area contributed by atoms with E-state index < -0.39 is 22.0 Å². The summed E-state index contributed by atoms with van der Waals surface area (Å²) in [5.41, 5.74) is -0.414. The van der Waals surface area contributed by atoms with E-state index >= 15 is 0 Å². The predicted octanol–water partition coefficient (Wildman–Crippen LogP) is 1.01. The van der Waals surface area contributed by atoms with Crippen LogP contribution in [0.3, 0.4) is 0 Å². The zero-order valence-electron chi connectivity index (χ0n) is 10.4. The van der Waals surface area contributed by atoms with Crippen LogP contribution in [0.2, 0.25) is 0 Å². The Bertz CT molecular complexity index is 634. The predicted molar refractivity (Wildman–Crippen MR) is 70.7 cm³/mol. The maximum absolute atomic E-state index is 12.0. The molecule has 0 unspecified atom stereocenters. The van der Waals surface area contributed by atoms with Gasteiger partial charge in [-0.2, -0.15) is 0 Å². The lowest BCUT2D eigenvalue weighted by atomic mass is 10.1. The highest BCUT2D eigenvalue weighted by Gasteiger charge is 2.27. The van der Waals surface area contributed by atoms with Crippen LogP contribution in [0.5, 0.6) is 0 Å². The van der Waals surface area contributed by atoms with Gasteiger partial charge in [0.05, 0.1) is 22.6 Å². The molecule has 1 aromatic rings. The molecule has 1 saturated heterocycles. The van der Waals surface area contributed by atoms with Gasteiger partial charge in [0.15, 0.2) is 0 Å². The topological polar surface area (TPSA) is 112 Å². The Balaban J connectivity index is 2.55. The second kappa shape index (κ2) is 5.12. The van der Waals surface area contributed by atoms with Gasteiger partial charge in [-0.15, -0.1) is 0 Å². The first-order valence-corrected chi connectivity index (χ1v) is 7.54. The summed E-state index contributed by atoms with van der Waals surface area (Å²) in [7, 11) is -3.51. The number of hydrogen-bond acceptors (Lipinski definition) is 4. The quantitative estimate of drug-likeness (QED) is 0.861. The first kappa shape index (κ1) is 14.3. The number of benzene rings is 1. The molecule has 0 spiro atoms. The monoisotopic (exact) mass is 299 g/mol. The summed E-state index contributed by atoms with van der Waals surface area (Å²) in [6.45, 7) is 0.227. The van der Waals surface area contributed by atoms with Gasteiger partial charge in [0, 0.05) is 6.54 Å². The Morgan fingerprint density at radius 3 is 2.00 bits per heavy atom. The Morgan fingerprint density at radius 2 is 1.55 bits per heavy atom. The van der Waals surface area contributed by atoms with E-state index in [0.717, 1.165) is 10.4 Å².